The third kappa shape index (κ3) is 6.22. The van der Waals surface area contributed by atoms with Crippen LogP contribution in [0.25, 0.3) is 0 Å². The fraction of sp³-hybridized carbons (Fsp3) is 0.647. The molecule has 19 heavy (non-hydrogen) atoms. The molecule has 0 amide bonds. The van der Waals surface area contributed by atoms with Gasteiger partial charge in [0.05, 0.1) is 0 Å². The van der Waals surface area contributed by atoms with Crippen molar-refractivity contribution in [2.75, 3.05) is 26.8 Å². The van der Waals surface area contributed by atoms with Crippen molar-refractivity contribution >= 4 is 0 Å². The van der Waals surface area contributed by atoms with Gasteiger partial charge in [0, 0.05) is 20.3 Å². The molecule has 1 aromatic rings. The lowest BCUT2D eigenvalue weighted by molar-refractivity contribution is 0.215. The number of benzene rings is 1. The Hall–Kier alpha value is -0.860. The first-order valence-electron chi connectivity index (χ1n) is 7.47. The highest BCUT2D eigenvalue weighted by Crippen LogP contribution is 2.17. The number of hydrogen-bond donors (Lipinski definition) is 0. The Morgan fingerprint density at radius 1 is 1.11 bits per heavy atom. The van der Waals surface area contributed by atoms with Gasteiger partial charge in [0.1, 0.15) is 0 Å². The molecule has 1 heterocycles. The molecule has 108 valence electrons. The van der Waals surface area contributed by atoms with Gasteiger partial charge >= 0.3 is 0 Å². The minimum absolute atomic E-state index is 0.644. The highest BCUT2D eigenvalue weighted by Gasteiger charge is 2.11. The van der Waals surface area contributed by atoms with E-state index in [2.05, 4.69) is 47.7 Å². The molecule has 1 aliphatic rings. The molecule has 0 saturated carbocycles. The van der Waals surface area contributed by atoms with Crippen molar-refractivity contribution in [2.45, 2.75) is 46.1 Å². The van der Waals surface area contributed by atoms with Gasteiger partial charge in [-0.05, 0) is 49.9 Å². The van der Waals surface area contributed by atoms with Gasteiger partial charge in [-0.3, -0.25) is 4.90 Å². The first-order chi connectivity index (χ1) is 9.17. The molecule has 1 aromatic carbocycles. The average Bonchev–Trinajstić information content (AvgIpc) is 2.92. The summed E-state index contributed by atoms with van der Waals surface area (Å²) < 4.78 is 4.54. The molecule has 1 aliphatic heterocycles. The second-order valence-electron chi connectivity index (χ2n) is 5.46. The van der Waals surface area contributed by atoms with Crippen molar-refractivity contribution in [3.05, 3.63) is 35.4 Å². The Balaban J connectivity index is 0.000000399. The van der Waals surface area contributed by atoms with Crippen LogP contribution in [0.5, 0.6) is 0 Å². The molecule has 2 heteroatoms. The van der Waals surface area contributed by atoms with E-state index < -0.39 is 0 Å². The highest BCUT2D eigenvalue weighted by atomic mass is 16.5. The van der Waals surface area contributed by atoms with Crippen molar-refractivity contribution < 1.29 is 4.74 Å². The molecule has 0 bridgehead atoms. The summed E-state index contributed by atoms with van der Waals surface area (Å²) in [5.74, 6) is 0.644. The van der Waals surface area contributed by atoms with Crippen molar-refractivity contribution in [1.82, 2.24) is 4.90 Å². The van der Waals surface area contributed by atoms with Crippen LogP contribution < -0.4 is 0 Å². The van der Waals surface area contributed by atoms with E-state index in [1.54, 1.807) is 7.11 Å². The van der Waals surface area contributed by atoms with Crippen LogP contribution in [0.4, 0.5) is 0 Å². The topological polar surface area (TPSA) is 12.5 Å². The van der Waals surface area contributed by atoms with E-state index in [0.29, 0.717) is 5.92 Å². The molecule has 0 aromatic heterocycles. The van der Waals surface area contributed by atoms with E-state index in [4.69, 9.17) is 0 Å². The smallest absolute Gasteiger partial charge is 0.0433 e. The third-order valence-electron chi connectivity index (χ3n) is 3.54. The Kier molecular flexibility index (Phi) is 7.76. The van der Waals surface area contributed by atoms with Crippen LogP contribution in [0.15, 0.2) is 24.3 Å². The molecular weight excluding hydrogens is 234 g/mol. The van der Waals surface area contributed by atoms with E-state index in [-0.39, 0.29) is 0 Å². The number of methoxy groups -OCH3 is 1. The Morgan fingerprint density at radius 3 is 2.05 bits per heavy atom. The van der Waals surface area contributed by atoms with Crippen LogP contribution >= 0.6 is 0 Å². The van der Waals surface area contributed by atoms with Crippen molar-refractivity contribution in [3.8, 4) is 0 Å². The van der Waals surface area contributed by atoms with Crippen LogP contribution in [-0.4, -0.2) is 31.7 Å². The van der Waals surface area contributed by atoms with Gasteiger partial charge in [-0.2, -0.15) is 0 Å². The molecule has 0 atom stereocenters. The summed E-state index contributed by atoms with van der Waals surface area (Å²) in [6, 6.07) is 9.12. The lowest BCUT2D eigenvalue weighted by Gasteiger charge is -2.15. The minimum Gasteiger partial charge on any atom is -0.385 e. The summed E-state index contributed by atoms with van der Waals surface area (Å²) in [4.78, 5) is 2.55. The van der Waals surface area contributed by atoms with Crippen LogP contribution in [0, 0.1) is 0 Å². The van der Waals surface area contributed by atoms with E-state index in [1.807, 2.05) is 6.92 Å². The Morgan fingerprint density at radius 2 is 1.63 bits per heavy atom. The SMILES string of the molecule is CC(C)c1ccc(CN2CCCC2)cc1.CCOC. The fourth-order valence-electron chi connectivity index (χ4n) is 2.21. The maximum absolute atomic E-state index is 4.54. The van der Waals surface area contributed by atoms with Gasteiger partial charge in [-0.1, -0.05) is 38.1 Å². The standard InChI is InChI=1S/C14H21N.C3H8O/c1-12(2)14-7-5-13(6-8-14)11-15-9-3-4-10-15;1-3-4-2/h5-8,12H,3-4,9-11H2,1-2H3;3H2,1-2H3. The lowest BCUT2D eigenvalue weighted by atomic mass is 10.0. The summed E-state index contributed by atoms with van der Waals surface area (Å²) in [7, 11) is 1.68. The van der Waals surface area contributed by atoms with Crippen LogP contribution in [0.3, 0.4) is 0 Å². The molecule has 1 saturated heterocycles. The maximum atomic E-state index is 4.54. The molecule has 0 spiro atoms. The minimum atomic E-state index is 0.644. The highest BCUT2D eigenvalue weighted by molar-refractivity contribution is 5.24. The zero-order valence-electron chi connectivity index (χ0n) is 13.0. The molecule has 0 radical (unpaired) electrons. The van der Waals surface area contributed by atoms with Crippen molar-refractivity contribution in [3.63, 3.8) is 0 Å². The normalized spacial score (nSPS) is 15.4. The number of ether oxygens (including phenoxy) is 1. The monoisotopic (exact) mass is 263 g/mol. The zero-order chi connectivity index (χ0) is 14.1. The quantitative estimate of drug-likeness (QED) is 0.812. The van der Waals surface area contributed by atoms with Gasteiger partial charge in [0.25, 0.3) is 0 Å². The van der Waals surface area contributed by atoms with E-state index in [9.17, 15) is 0 Å². The van der Waals surface area contributed by atoms with E-state index in [0.717, 1.165) is 13.2 Å². The summed E-state index contributed by atoms with van der Waals surface area (Å²) in [5, 5.41) is 0. The maximum Gasteiger partial charge on any atom is 0.0433 e. The Labute approximate surface area is 118 Å². The molecule has 0 unspecified atom stereocenters. The first kappa shape index (κ1) is 16.2. The molecule has 2 nitrogen and oxygen atoms in total. The summed E-state index contributed by atoms with van der Waals surface area (Å²) >= 11 is 0. The van der Waals surface area contributed by atoms with Gasteiger partial charge in [-0.25, -0.2) is 0 Å². The molecule has 0 aliphatic carbocycles. The largest absolute Gasteiger partial charge is 0.385 e. The lowest BCUT2D eigenvalue weighted by Crippen LogP contribution is -2.18. The average molecular weight is 263 g/mol. The molecule has 1 fully saturated rings. The van der Waals surface area contributed by atoms with Crippen LogP contribution in [0.2, 0.25) is 0 Å². The van der Waals surface area contributed by atoms with Crippen molar-refractivity contribution in [2.24, 2.45) is 0 Å². The molecule has 0 N–H and O–H groups in total. The van der Waals surface area contributed by atoms with E-state index in [1.165, 1.54) is 37.1 Å². The van der Waals surface area contributed by atoms with Crippen LogP contribution in [-0.2, 0) is 11.3 Å². The van der Waals surface area contributed by atoms with Gasteiger partial charge in [-0.15, -0.1) is 0 Å². The van der Waals surface area contributed by atoms with E-state index >= 15 is 0 Å². The molecule has 2 rings (SSSR count). The number of hydrogen-bond acceptors (Lipinski definition) is 2. The summed E-state index contributed by atoms with van der Waals surface area (Å²) in [6.45, 7) is 11.0. The summed E-state index contributed by atoms with van der Waals surface area (Å²) in [5.41, 5.74) is 2.90. The predicted octanol–water partition coefficient (Wildman–Crippen LogP) is 4.06. The Bertz CT molecular complexity index is 324. The van der Waals surface area contributed by atoms with Gasteiger partial charge in [0.2, 0.25) is 0 Å². The van der Waals surface area contributed by atoms with Crippen molar-refractivity contribution in [1.29, 1.82) is 0 Å². The number of likely N-dealkylation sites (tertiary alicyclic amines) is 1. The number of nitrogens with zero attached hydrogens (tertiary/aromatic N) is 1. The predicted molar refractivity (Wildman–Crippen MR) is 82.6 cm³/mol. The first-order valence-corrected chi connectivity index (χ1v) is 7.47. The molecular formula is C17H29NO. The number of rotatable bonds is 4. The second kappa shape index (κ2) is 9.11. The second-order valence-corrected chi connectivity index (χ2v) is 5.46. The van der Waals surface area contributed by atoms with Crippen LogP contribution in [0.1, 0.15) is 50.7 Å². The zero-order valence-corrected chi connectivity index (χ0v) is 13.0. The van der Waals surface area contributed by atoms with Gasteiger partial charge in [0.15, 0.2) is 0 Å². The van der Waals surface area contributed by atoms with Gasteiger partial charge < -0.3 is 4.74 Å². The third-order valence-corrected chi connectivity index (χ3v) is 3.54. The fourth-order valence-corrected chi connectivity index (χ4v) is 2.21. The summed E-state index contributed by atoms with van der Waals surface area (Å²) in [6.07, 6.45) is 2.76.